The van der Waals surface area contributed by atoms with Gasteiger partial charge >= 0.3 is 0 Å². The second kappa shape index (κ2) is 14.0. The third kappa shape index (κ3) is 5.15. The topological polar surface area (TPSA) is 53.6 Å². The summed E-state index contributed by atoms with van der Waals surface area (Å²) in [6.45, 7) is -5.09. The lowest BCUT2D eigenvalue weighted by Crippen LogP contribution is -2.37. The van der Waals surface area contributed by atoms with Crippen molar-refractivity contribution in [3.05, 3.63) is 240 Å². The maximum absolute atomic E-state index is 9.17. The predicted octanol–water partition coefficient (Wildman–Crippen LogP) is 15.7. The van der Waals surface area contributed by atoms with Gasteiger partial charge in [0.15, 0.2) is 0 Å². The Morgan fingerprint density at radius 2 is 1.14 bits per heavy atom. The van der Waals surface area contributed by atoms with E-state index in [2.05, 4.69) is 81.8 Å². The summed E-state index contributed by atoms with van der Waals surface area (Å²) in [5.74, 6) is 2.48. The molecule has 0 N–H and O–H groups in total. The van der Waals surface area contributed by atoms with Crippen molar-refractivity contribution >= 4 is 27.8 Å². The Kier molecular flexibility index (Phi) is 6.63. The number of imidazole rings is 2. The summed E-state index contributed by atoms with van der Waals surface area (Å²) in [5, 5.41) is 0. The van der Waals surface area contributed by atoms with Gasteiger partial charge in [0.1, 0.15) is 23.0 Å². The van der Waals surface area contributed by atoms with Gasteiger partial charge in [-0.05, 0) is 113 Å². The fraction of sp³-hybridized carbons (Fsp3) is 0.0476. The van der Waals surface area contributed by atoms with Gasteiger partial charge in [-0.3, -0.25) is 14.0 Å². The van der Waals surface area contributed by atoms with Gasteiger partial charge in [-0.25, -0.2) is 4.98 Å². The molecule has 324 valence electrons. The third-order valence-electron chi connectivity index (χ3n) is 14.5. The lowest BCUT2D eigenvalue weighted by molar-refractivity contribution is 0.399. The van der Waals surface area contributed by atoms with Crippen molar-refractivity contribution in [1.82, 2.24) is 18.9 Å². The standard InChI is InChI=1S/C63H40N4O2/c1-37-25-30-49-57(34-37)69-61-51(31-26-38(2)59(61)39-27-29-44-41-14-3-4-15-42(41)46-18-13-33-64-60(46)45-17-6-5-16-43(45)47(44)35-39)63(49)48-19-7-12-24-56(48)68-58-36-40(28-32-50(58)63)66-54-22-10-11-23-55(54)67-53-21-9-8-20-52(53)65-62(66)67/h3-36H,1-2H3/i1D3,2D3. The van der Waals surface area contributed by atoms with Gasteiger partial charge in [-0.1, -0.05) is 140 Å². The molecule has 1 unspecified atom stereocenters. The molecule has 0 bridgehead atoms. The molecule has 69 heavy (non-hydrogen) atoms. The van der Waals surface area contributed by atoms with E-state index in [1.807, 2.05) is 115 Å². The van der Waals surface area contributed by atoms with E-state index < -0.39 is 19.1 Å². The second-order valence-corrected chi connectivity index (χ2v) is 18.0. The molecule has 0 saturated carbocycles. The molecule has 2 aliphatic heterocycles. The van der Waals surface area contributed by atoms with Crippen molar-refractivity contribution in [2.45, 2.75) is 19.1 Å². The van der Waals surface area contributed by atoms with Crippen LogP contribution in [-0.4, -0.2) is 18.9 Å². The van der Waals surface area contributed by atoms with E-state index in [9.17, 15) is 0 Å². The molecular weight excluding hydrogens is 845 g/mol. The maximum Gasteiger partial charge on any atom is 0.220 e. The zero-order valence-electron chi connectivity index (χ0n) is 42.7. The van der Waals surface area contributed by atoms with Crippen molar-refractivity contribution in [2.24, 2.45) is 0 Å². The first-order valence-electron chi connectivity index (χ1n) is 26.1. The minimum atomic E-state index is -2.61. The fourth-order valence-corrected chi connectivity index (χ4v) is 11.7. The SMILES string of the molecule is [2H]C([2H])([2H])c1ccc2c(c1)Oc1c(ccc(C([2H])([2H])[2H])c1-c1ccc3c(c1)-c1ccccc1-c1ncccc1-c1ccccc1-3)C21c2ccccc2Oc2cc(-n3c4ccccc4n4c5ccccc5nc34)ccc21. The average molecular weight is 891 g/mol. The highest BCUT2D eigenvalue weighted by atomic mass is 16.5. The number of fused-ring (bicyclic) bond motifs is 21. The van der Waals surface area contributed by atoms with Gasteiger partial charge in [0.2, 0.25) is 5.78 Å². The maximum atomic E-state index is 9.17. The minimum absolute atomic E-state index is 0.0878. The van der Waals surface area contributed by atoms with Crippen LogP contribution in [0, 0.1) is 13.7 Å². The highest BCUT2D eigenvalue weighted by molar-refractivity contribution is 6.03. The van der Waals surface area contributed by atoms with Crippen molar-refractivity contribution in [2.75, 3.05) is 0 Å². The molecule has 6 nitrogen and oxygen atoms in total. The van der Waals surface area contributed by atoms with E-state index in [4.69, 9.17) is 27.7 Å². The predicted molar refractivity (Wildman–Crippen MR) is 276 cm³/mol. The molecular formula is C63H40N4O2. The van der Waals surface area contributed by atoms with E-state index in [0.717, 1.165) is 89.3 Å². The fourth-order valence-electron chi connectivity index (χ4n) is 11.7. The molecule has 6 heteroatoms. The Morgan fingerprint density at radius 1 is 0.478 bits per heavy atom. The number of nitrogens with zero attached hydrogens (tertiary/aromatic N) is 4. The van der Waals surface area contributed by atoms with E-state index in [-0.39, 0.29) is 11.1 Å². The summed E-state index contributed by atoms with van der Waals surface area (Å²) in [7, 11) is 0. The monoisotopic (exact) mass is 890 g/mol. The van der Waals surface area contributed by atoms with Crippen molar-refractivity contribution in [3.63, 3.8) is 0 Å². The van der Waals surface area contributed by atoms with Crippen LogP contribution < -0.4 is 9.47 Å². The lowest BCUT2D eigenvalue weighted by Gasteiger charge is -2.45. The van der Waals surface area contributed by atoms with Gasteiger partial charge in [0.25, 0.3) is 0 Å². The zero-order valence-corrected chi connectivity index (χ0v) is 36.7. The number of hydrogen-bond donors (Lipinski definition) is 0. The summed E-state index contributed by atoms with van der Waals surface area (Å²) >= 11 is 0. The normalized spacial score (nSPS) is 16.5. The first kappa shape index (κ1) is 32.6. The van der Waals surface area contributed by atoms with Crippen LogP contribution in [0.3, 0.4) is 0 Å². The van der Waals surface area contributed by atoms with E-state index in [0.29, 0.717) is 45.3 Å². The molecule has 0 saturated heterocycles. The Hall–Kier alpha value is -9.00. The van der Waals surface area contributed by atoms with Crippen LogP contribution in [0.1, 0.15) is 41.6 Å². The van der Waals surface area contributed by atoms with Crippen molar-refractivity contribution in [3.8, 4) is 84.5 Å². The van der Waals surface area contributed by atoms with Gasteiger partial charge in [-0.2, -0.15) is 0 Å². The van der Waals surface area contributed by atoms with Gasteiger partial charge < -0.3 is 9.47 Å². The van der Waals surface area contributed by atoms with Crippen molar-refractivity contribution < 1.29 is 17.7 Å². The Bertz CT molecular complexity index is 4430. The molecule has 1 aliphatic carbocycles. The summed E-state index contributed by atoms with van der Waals surface area (Å²) < 4.78 is 71.8. The zero-order chi connectivity index (χ0) is 50.5. The number of benzene rings is 9. The Balaban J connectivity index is 1.03. The molecule has 1 spiro atoms. The van der Waals surface area contributed by atoms with Crippen LogP contribution in [0.4, 0.5) is 0 Å². The van der Waals surface area contributed by atoms with Crippen LogP contribution >= 0.6 is 0 Å². The van der Waals surface area contributed by atoms with E-state index in [1.54, 1.807) is 18.2 Å². The lowest BCUT2D eigenvalue weighted by atomic mass is 9.61. The smallest absolute Gasteiger partial charge is 0.220 e. The van der Waals surface area contributed by atoms with Gasteiger partial charge in [-0.15, -0.1) is 0 Å². The number of rotatable bonds is 2. The number of aryl methyl sites for hydroxylation is 2. The number of ether oxygens (including phenoxy) is 2. The van der Waals surface area contributed by atoms with Crippen LogP contribution in [0.25, 0.3) is 89.3 Å². The highest BCUT2D eigenvalue weighted by Crippen LogP contribution is 2.63. The van der Waals surface area contributed by atoms with Crippen LogP contribution in [0.15, 0.2) is 206 Å². The molecule has 15 rings (SSSR count). The van der Waals surface area contributed by atoms with E-state index in [1.165, 1.54) is 0 Å². The molecule has 5 heterocycles. The third-order valence-corrected chi connectivity index (χ3v) is 14.5. The number of hydrogen-bond acceptors (Lipinski definition) is 4. The summed E-state index contributed by atoms with van der Waals surface area (Å²) in [6.07, 6.45) is 1.81. The number of aromatic nitrogens is 4. The molecule has 1 atom stereocenters. The van der Waals surface area contributed by atoms with Gasteiger partial charge in [0.05, 0.1) is 38.9 Å². The molecule has 0 fully saturated rings. The quantitative estimate of drug-likeness (QED) is 0.173. The summed E-state index contributed by atoms with van der Waals surface area (Å²) in [4.78, 5) is 10.1. The Labute approximate surface area is 406 Å². The first-order valence-corrected chi connectivity index (χ1v) is 23.1. The molecule has 0 radical (unpaired) electrons. The van der Waals surface area contributed by atoms with E-state index >= 15 is 0 Å². The molecule has 3 aromatic heterocycles. The molecule has 12 aromatic rings. The van der Waals surface area contributed by atoms with Gasteiger partial charge in [0, 0.05) is 59.4 Å². The number of para-hydroxylation sites is 5. The first-order chi connectivity index (χ1) is 36.5. The van der Waals surface area contributed by atoms with Crippen LogP contribution in [0.2, 0.25) is 0 Å². The Morgan fingerprint density at radius 3 is 2.00 bits per heavy atom. The van der Waals surface area contributed by atoms with Crippen LogP contribution in [0.5, 0.6) is 23.0 Å². The molecule has 9 aromatic carbocycles. The largest absolute Gasteiger partial charge is 0.457 e. The summed E-state index contributed by atoms with van der Waals surface area (Å²) in [6, 6.07) is 65.8. The molecule has 3 aliphatic rings. The molecule has 0 amide bonds. The second-order valence-electron chi connectivity index (χ2n) is 18.0. The van der Waals surface area contributed by atoms with Crippen molar-refractivity contribution in [1.29, 1.82) is 0 Å². The minimum Gasteiger partial charge on any atom is -0.457 e. The highest BCUT2D eigenvalue weighted by Gasteiger charge is 2.51. The van der Waals surface area contributed by atoms with Crippen LogP contribution in [-0.2, 0) is 5.41 Å². The number of pyridine rings is 1. The average Bonchev–Trinajstić information content (AvgIpc) is 3.97. The summed E-state index contributed by atoms with van der Waals surface area (Å²) in [5.41, 5.74) is 15.1.